The Kier molecular flexibility index (Phi) is 4.73. The van der Waals surface area contributed by atoms with E-state index in [-0.39, 0.29) is 18.3 Å². The summed E-state index contributed by atoms with van der Waals surface area (Å²) in [7, 11) is 0. The highest BCUT2D eigenvalue weighted by Gasteiger charge is 2.29. The highest BCUT2D eigenvalue weighted by Crippen LogP contribution is 2.34. The van der Waals surface area contributed by atoms with E-state index in [1.165, 1.54) is 0 Å². The lowest BCUT2D eigenvalue weighted by Gasteiger charge is -2.24. The van der Waals surface area contributed by atoms with Crippen molar-refractivity contribution in [3.8, 4) is 16.9 Å². The van der Waals surface area contributed by atoms with Crippen molar-refractivity contribution in [3.63, 3.8) is 0 Å². The molecule has 2 N–H and O–H groups in total. The summed E-state index contributed by atoms with van der Waals surface area (Å²) in [4.78, 5) is 21.2. The number of pyridine rings is 1. The number of carbonyl (C=O) groups excluding carboxylic acids is 1. The Balaban J connectivity index is 1.41. The number of aromatic amines is 1. The molecule has 1 atom stereocenters. The van der Waals surface area contributed by atoms with E-state index in [0.29, 0.717) is 25.1 Å². The van der Waals surface area contributed by atoms with Gasteiger partial charge in [-0.3, -0.25) is 4.79 Å². The first-order chi connectivity index (χ1) is 16.2. The fourth-order valence-electron chi connectivity index (χ4n) is 4.86. The van der Waals surface area contributed by atoms with Crippen LogP contribution in [0.2, 0.25) is 0 Å². The van der Waals surface area contributed by atoms with E-state index >= 15 is 0 Å². The molecule has 4 heterocycles. The summed E-state index contributed by atoms with van der Waals surface area (Å²) in [6.07, 6.45) is 6.27. The average Bonchev–Trinajstić information content (AvgIpc) is 3.45. The molecular formula is C27H23N3O3. The van der Waals surface area contributed by atoms with Gasteiger partial charge < -0.3 is 19.4 Å². The summed E-state index contributed by atoms with van der Waals surface area (Å²) in [5.41, 5.74) is 5.61. The highest BCUT2D eigenvalue weighted by atomic mass is 16.5. The average molecular weight is 437 g/mol. The number of nitrogens with one attached hydrogen (secondary N) is 1. The molecule has 1 unspecified atom stereocenters. The maximum atomic E-state index is 13.6. The van der Waals surface area contributed by atoms with E-state index in [1.54, 1.807) is 6.20 Å². The summed E-state index contributed by atoms with van der Waals surface area (Å²) in [6, 6.07) is 18.0. The van der Waals surface area contributed by atoms with Gasteiger partial charge in [-0.15, -0.1) is 0 Å². The van der Waals surface area contributed by atoms with Crippen molar-refractivity contribution in [3.05, 3.63) is 84.3 Å². The second-order valence-corrected chi connectivity index (χ2v) is 8.48. The minimum Gasteiger partial charge on any atom is -0.493 e. The molecule has 1 aliphatic heterocycles. The van der Waals surface area contributed by atoms with E-state index in [1.807, 2.05) is 65.5 Å². The van der Waals surface area contributed by atoms with Crippen LogP contribution in [0.5, 0.6) is 5.75 Å². The number of aliphatic hydroxyl groups excluding tert-OH is 1. The Bertz CT molecular complexity index is 1500. The molecule has 2 aromatic carbocycles. The molecule has 3 aromatic heterocycles. The fourth-order valence-corrected chi connectivity index (χ4v) is 4.86. The van der Waals surface area contributed by atoms with Crippen molar-refractivity contribution in [2.45, 2.75) is 13.0 Å². The first kappa shape index (κ1) is 19.8. The quantitative estimate of drug-likeness (QED) is 0.394. The van der Waals surface area contributed by atoms with Gasteiger partial charge in [0, 0.05) is 52.6 Å². The van der Waals surface area contributed by atoms with Gasteiger partial charge in [-0.1, -0.05) is 30.3 Å². The number of ketones is 1. The Morgan fingerprint density at radius 1 is 1.15 bits per heavy atom. The number of fused-ring (bicyclic) bond motifs is 3. The molecule has 164 valence electrons. The third-order valence-electron chi connectivity index (χ3n) is 6.50. The summed E-state index contributed by atoms with van der Waals surface area (Å²) in [5, 5.41) is 11.6. The Labute approximate surface area is 190 Å². The number of para-hydroxylation sites is 1. The SMILES string of the molecule is O=C(c1cn(CCO)c2cc(-c3c[nH]c4ncccc34)ccc12)C1COc2ccccc2C1. The molecule has 5 aromatic rings. The van der Waals surface area contributed by atoms with E-state index in [4.69, 9.17) is 4.74 Å². The molecule has 1 aliphatic rings. The predicted molar refractivity (Wildman–Crippen MR) is 128 cm³/mol. The van der Waals surface area contributed by atoms with Crippen molar-refractivity contribution >= 4 is 27.7 Å². The van der Waals surface area contributed by atoms with Gasteiger partial charge in [-0.05, 0) is 41.8 Å². The number of benzene rings is 2. The lowest BCUT2D eigenvalue weighted by atomic mass is 9.89. The van der Waals surface area contributed by atoms with Gasteiger partial charge in [0.25, 0.3) is 0 Å². The number of nitrogens with zero attached hydrogens (tertiary/aromatic N) is 2. The second-order valence-electron chi connectivity index (χ2n) is 8.48. The van der Waals surface area contributed by atoms with Gasteiger partial charge in [0.2, 0.25) is 0 Å². The smallest absolute Gasteiger partial charge is 0.171 e. The second kappa shape index (κ2) is 7.90. The lowest BCUT2D eigenvalue weighted by Crippen LogP contribution is -2.28. The lowest BCUT2D eigenvalue weighted by molar-refractivity contribution is 0.0856. The third kappa shape index (κ3) is 3.31. The van der Waals surface area contributed by atoms with Crippen LogP contribution < -0.4 is 4.74 Å². The summed E-state index contributed by atoms with van der Waals surface area (Å²) in [6.45, 7) is 0.800. The number of H-pyrrole nitrogens is 1. The van der Waals surface area contributed by atoms with Gasteiger partial charge in [0.05, 0.1) is 19.1 Å². The number of aliphatic hydroxyl groups is 1. The molecule has 0 radical (unpaired) electrons. The molecule has 6 nitrogen and oxygen atoms in total. The number of rotatable bonds is 5. The summed E-state index contributed by atoms with van der Waals surface area (Å²) < 4.78 is 7.85. The topological polar surface area (TPSA) is 80.1 Å². The monoisotopic (exact) mass is 437 g/mol. The van der Waals surface area contributed by atoms with E-state index in [9.17, 15) is 9.90 Å². The summed E-state index contributed by atoms with van der Waals surface area (Å²) >= 11 is 0. The van der Waals surface area contributed by atoms with Crippen molar-refractivity contribution < 1.29 is 14.6 Å². The molecular weight excluding hydrogens is 414 g/mol. The van der Waals surface area contributed by atoms with E-state index in [0.717, 1.165) is 44.4 Å². The number of hydrogen-bond acceptors (Lipinski definition) is 4. The maximum Gasteiger partial charge on any atom is 0.171 e. The predicted octanol–water partition coefficient (Wildman–Crippen LogP) is 4.61. The molecule has 6 heteroatoms. The van der Waals surface area contributed by atoms with E-state index in [2.05, 4.69) is 16.0 Å². The third-order valence-corrected chi connectivity index (χ3v) is 6.50. The van der Waals surface area contributed by atoms with Crippen LogP contribution in [-0.4, -0.2) is 38.6 Å². The molecule has 0 saturated carbocycles. The normalized spacial score (nSPS) is 15.5. The van der Waals surface area contributed by atoms with Crippen LogP contribution in [-0.2, 0) is 13.0 Å². The van der Waals surface area contributed by atoms with Crippen molar-refractivity contribution in [2.24, 2.45) is 5.92 Å². The molecule has 0 bridgehead atoms. The van der Waals surface area contributed by atoms with Crippen molar-refractivity contribution in [1.29, 1.82) is 0 Å². The highest BCUT2D eigenvalue weighted by molar-refractivity contribution is 6.10. The zero-order valence-electron chi connectivity index (χ0n) is 18.0. The van der Waals surface area contributed by atoms with Crippen LogP contribution in [0.3, 0.4) is 0 Å². The minimum absolute atomic E-state index is 0.00143. The zero-order valence-corrected chi connectivity index (χ0v) is 18.0. The molecule has 6 rings (SSSR count). The van der Waals surface area contributed by atoms with Crippen LogP contribution in [0, 0.1) is 5.92 Å². The van der Waals surface area contributed by atoms with E-state index < -0.39 is 0 Å². The van der Waals surface area contributed by atoms with Crippen molar-refractivity contribution in [1.82, 2.24) is 14.5 Å². The number of hydrogen-bond donors (Lipinski definition) is 2. The van der Waals surface area contributed by atoms with Gasteiger partial charge in [0.1, 0.15) is 11.4 Å². The Morgan fingerprint density at radius 3 is 2.97 bits per heavy atom. The van der Waals surface area contributed by atoms with Crippen LogP contribution in [0.4, 0.5) is 0 Å². The molecule has 0 aliphatic carbocycles. The largest absolute Gasteiger partial charge is 0.493 e. The summed E-state index contributed by atoms with van der Waals surface area (Å²) in [5.74, 6) is 0.713. The fraction of sp³-hybridized carbons (Fsp3) is 0.185. The van der Waals surface area contributed by atoms with Gasteiger partial charge in [-0.2, -0.15) is 0 Å². The molecule has 33 heavy (non-hydrogen) atoms. The number of carbonyl (C=O) groups is 1. The molecule has 0 amide bonds. The van der Waals surface area contributed by atoms with Crippen LogP contribution >= 0.6 is 0 Å². The standard InChI is InChI=1S/C27H23N3O3/c31-11-10-30-15-23(26(32)19-12-18-4-1-2-6-25(18)33-16-19)20-8-7-17(13-24(20)30)22-14-29-27-21(22)5-3-9-28-27/h1-9,13-15,19,31H,10-12,16H2,(H,28,29). The van der Waals surface area contributed by atoms with Crippen LogP contribution in [0.25, 0.3) is 33.1 Å². The Hall–Kier alpha value is -3.90. The number of Topliss-reactive ketones (excluding diaryl/α,β-unsaturated/α-hetero) is 1. The van der Waals surface area contributed by atoms with Gasteiger partial charge in [-0.25, -0.2) is 4.98 Å². The van der Waals surface area contributed by atoms with Gasteiger partial charge >= 0.3 is 0 Å². The first-order valence-electron chi connectivity index (χ1n) is 11.1. The van der Waals surface area contributed by atoms with Crippen LogP contribution in [0.15, 0.2) is 73.2 Å². The maximum absolute atomic E-state index is 13.6. The van der Waals surface area contributed by atoms with Crippen LogP contribution in [0.1, 0.15) is 15.9 Å². The zero-order chi connectivity index (χ0) is 22.4. The molecule has 0 fully saturated rings. The molecule has 0 spiro atoms. The van der Waals surface area contributed by atoms with Gasteiger partial charge in [0.15, 0.2) is 5.78 Å². The minimum atomic E-state index is -0.229. The first-order valence-corrected chi connectivity index (χ1v) is 11.1. The Morgan fingerprint density at radius 2 is 2.06 bits per heavy atom. The van der Waals surface area contributed by atoms with Crippen molar-refractivity contribution in [2.75, 3.05) is 13.2 Å². The number of ether oxygens (including phenoxy) is 1. The number of aromatic nitrogens is 3. The molecule has 0 saturated heterocycles.